The first-order valence-electron chi connectivity index (χ1n) is 9.00. The van der Waals surface area contributed by atoms with Crippen LogP contribution in [-0.4, -0.2) is 55.7 Å². The summed E-state index contributed by atoms with van der Waals surface area (Å²) in [5, 5.41) is 5.73. The quantitative estimate of drug-likeness (QED) is 0.714. The van der Waals surface area contributed by atoms with Crippen molar-refractivity contribution in [3.8, 4) is 0 Å². The van der Waals surface area contributed by atoms with E-state index in [0.717, 1.165) is 11.3 Å². The third-order valence-corrected chi connectivity index (χ3v) is 7.52. The number of morpholine rings is 1. The van der Waals surface area contributed by atoms with Crippen LogP contribution in [0, 0.1) is 0 Å². The van der Waals surface area contributed by atoms with Gasteiger partial charge in [-0.3, -0.25) is 5.43 Å². The first-order valence-corrected chi connectivity index (χ1v) is 11.8. The van der Waals surface area contributed by atoms with Crippen LogP contribution < -0.4 is 5.43 Å². The van der Waals surface area contributed by atoms with E-state index in [1.807, 2.05) is 24.3 Å². The fraction of sp³-hybridized carbons (Fsp3) is 0.263. The number of hydrogen-bond acceptors (Lipinski definition) is 6. The molecular weight excluding hydrogens is 467 g/mol. The molecule has 0 amide bonds. The van der Waals surface area contributed by atoms with E-state index in [1.54, 1.807) is 24.3 Å². The zero-order valence-corrected chi connectivity index (χ0v) is 19.0. The van der Waals surface area contributed by atoms with Crippen molar-refractivity contribution in [2.45, 2.75) is 4.90 Å². The molecule has 30 heavy (non-hydrogen) atoms. The molecule has 0 aliphatic carbocycles. The van der Waals surface area contributed by atoms with Gasteiger partial charge in [0.1, 0.15) is 0 Å². The number of benzene rings is 2. The van der Waals surface area contributed by atoms with Crippen molar-refractivity contribution in [1.29, 1.82) is 0 Å². The number of nitrogens with one attached hydrogen (secondary N) is 1. The highest BCUT2D eigenvalue weighted by Gasteiger charge is 2.26. The third-order valence-electron chi connectivity index (χ3n) is 4.48. The normalized spacial score (nSPS) is 19.0. The summed E-state index contributed by atoms with van der Waals surface area (Å²) < 4.78 is 32.0. The van der Waals surface area contributed by atoms with E-state index < -0.39 is 10.0 Å². The molecule has 7 nitrogen and oxygen atoms in total. The Bertz CT molecular complexity index is 1040. The standard InChI is InChI=1S/C19H19ClN4O3S2.ClH/c20-15-3-1-14(2-4-15)18-13-28-19(23-22-18)21-16-5-7-17(8-6-16)29(25,26)24-9-11-27-12-10-24;/h1-8H,9-13H2,(H,21,23);1H. The molecule has 0 spiro atoms. The highest BCUT2D eigenvalue weighted by atomic mass is 35.5. The lowest BCUT2D eigenvalue weighted by Gasteiger charge is -2.26. The molecule has 1 saturated heterocycles. The monoisotopic (exact) mass is 486 g/mol. The molecule has 0 radical (unpaired) electrons. The summed E-state index contributed by atoms with van der Waals surface area (Å²) in [6.45, 7) is 1.60. The predicted octanol–water partition coefficient (Wildman–Crippen LogP) is 3.51. The van der Waals surface area contributed by atoms with Gasteiger partial charge in [-0.15, -0.1) is 12.4 Å². The van der Waals surface area contributed by atoms with Crippen molar-refractivity contribution < 1.29 is 13.2 Å². The van der Waals surface area contributed by atoms with Gasteiger partial charge in [0.25, 0.3) is 0 Å². The lowest BCUT2D eigenvalue weighted by Crippen LogP contribution is -2.40. The number of aliphatic imine (C=N–C) groups is 1. The summed E-state index contributed by atoms with van der Waals surface area (Å²) in [6, 6.07) is 14.1. The van der Waals surface area contributed by atoms with Crippen LogP contribution >= 0.6 is 35.8 Å². The Morgan fingerprint density at radius 3 is 2.33 bits per heavy atom. The highest BCUT2D eigenvalue weighted by molar-refractivity contribution is 8.14. The Morgan fingerprint density at radius 1 is 1.07 bits per heavy atom. The van der Waals surface area contributed by atoms with Crippen LogP contribution in [0.25, 0.3) is 0 Å². The third kappa shape index (κ3) is 5.35. The van der Waals surface area contributed by atoms with Gasteiger partial charge in [-0.2, -0.15) is 9.41 Å². The van der Waals surface area contributed by atoms with Crippen molar-refractivity contribution in [2.24, 2.45) is 10.1 Å². The maximum atomic E-state index is 12.7. The van der Waals surface area contributed by atoms with Crippen molar-refractivity contribution >= 4 is 62.4 Å². The predicted molar refractivity (Wildman–Crippen MR) is 124 cm³/mol. The lowest BCUT2D eigenvalue weighted by molar-refractivity contribution is 0.0730. The summed E-state index contributed by atoms with van der Waals surface area (Å²) in [6.07, 6.45) is 0. The molecule has 4 rings (SSSR count). The van der Waals surface area contributed by atoms with Crippen LogP contribution in [0.4, 0.5) is 5.69 Å². The average molecular weight is 487 g/mol. The Kier molecular flexibility index (Phi) is 7.78. The number of hydrazone groups is 1. The maximum Gasteiger partial charge on any atom is 0.243 e. The lowest BCUT2D eigenvalue weighted by atomic mass is 10.1. The molecule has 2 aliphatic heterocycles. The van der Waals surface area contributed by atoms with Crippen LogP contribution in [0.1, 0.15) is 5.56 Å². The van der Waals surface area contributed by atoms with E-state index in [-0.39, 0.29) is 17.3 Å². The van der Waals surface area contributed by atoms with Gasteiger partial charge in [-0.1, -0.05) is 35.5 Å². The van der Waals surface area contributed by atoms with Gasteiger partial charge in [0.15, 0.2) is 5.17 Å². The second kappa shape index (κ2) is 10.1. The van der Waals surface area contributed by atoms with Crippen molar-refractivity contribution in [3.05, 3.63) is 59.1 Å². The van der Waals surface area contributed by atoms with Gasteiger partial charge in [0, 0.05) is 23.9 Å². The first-order chi connectivity index (χ1) is 14.0. The van der Waals surface area contributed by atoms with Gasteiger partial charge in [0.2, 0.25) is 10.0 Å². The summed E-state index contributed by atoms with van der Waals surface area (Å²) in [5.41, 5.74) is 5.53. The molecule has 2 aliphatic rings. The second-order valence-corrected chi connectivity index (χ2v) is 9.73. The second-order valence-electron chi connectivity index (χ2n) is 6.39. The van der Waals surface area contributed by atoms with E-state index in [4.69, 9.17) is 16.3 Å². The van der Waals surface area contributed by atoms with E-state index in [1.165, 1.54) is 16.1 Å². The van der Waals surface area contributed by atoms with E-state index in [2.05, 4.69) is 15.5 Å². The van der Waals surface area contributed by atoms with Crippen LogP contribution in [-0.2, 0) is 14.8 Å². The van der Waals surface area contributed by atoms with Gasteiger partial charge < -0.3 is 4.74 Å². The minimum atomic E-state index is -3.50. The van der Waals surface area contributed by atoms with Crippen molar-refractivity contribution in [2.75, 3.05) is 32.1 Å². The topological polar surface area (TPSA) is 83.4 Å². The summed E-state index contributed by atoms with van der Waals surface area (Å²) in [5.74, 6) is 0.678. The number of amidine groups is 1. The Morgan fingerprint density at radius 2 is 1.73 bits per heavy atom. The van der Waals surface area contributed by atoms with Crippen molar-refractivity contribution in [3.63, 3.8) is 0 Å². The van der Waals surface area contributed by atoms with Crippen LogP contribution in [0.3, 0.4) is 0 Å². The number of rotatable bonds is 4. The molecule has 2 aromatic carbocycles. The number of thioether (sulfide) groups is 1. The largest absolute Gasteiger partial charge is 0.379 e. The zero-order chi connectivity index (χ0) is 20.3. The molecule has 0 atom stereocenters. The maximum absolute atomic E-state index is 12.7. The molecule has 0 unspecified atom stereocenters. The Balaban J connectivity index is 0.00000256. The molecule has 0 bridgehead atoms. The minimum Gasteiger partial charge on any atom is -0.379 e. The number of hydrogen-bond donors (Lipinski definition) is 1. The van der Waals surface area contributed by atoms with Gasteiger partial charge >= 0.3 is 0 Å². The van der Waals surface area contributed by atoms with Gasteiger partial charge in [-0.05, 0) is 42.0 Å². The van der Waals surface area contributed by atoms with Crippen LogP contribution in [0.2, 0.25) is 5.02 Å². The van der Waals surface area contributed by atoms with E-state index in [9.17, 15) is 8.42 Å². The molecule has 0 saturated carbocycles. The summed E-state index contributed by atoms with van der Waals surface area (Å²) >= 11 is 7.45. The smallest absolute Gasteiger partial charge is 0.243 e. The molecule has 0 aromatic heterocycles. The molecular formula is C19H20Cl2N4O3S2. The summed E-state index contributed by atoms with van der Waals surface area (Å²) in [7, 11) is -3.50. The minimum absolute atomic E-state index is 0. The Hall–Kier alpha value is -1.62. The molecule has 1 N–H and O–H groups in total. The van der Waals surface area contributed by atoms with Crippen molar-refractivity contribution in [1.82, 2.24) is 9.73 Å². The number of halogens is 2. The fourth-order valence-electron chi connectivity index (χ4n) is 2.91. The molecule has 11 heteroatoms. The number of sulfonamides is 1. The molecule has 2 heterocycles. The molecule has 160 valence electrons. The molecule has 2 aromatic rings. The van der Waals surface area contributed by atoms with E-state index in [0.29, 0.717) is 47.9 Å². The fourth-order valence-corrected chi connectivity index (χ4v) is 5.23. The highest BCUT2D eigenvalue weighted by Crippen LogP contribution is 2.23. The zero-order valence-electron chi connectivity index (χ0n) is 15.8. The van der Waals surface area contributed by atoms with Crippen LogP contribution in [0.5, 0.6) is 0 Å². The Labute approximate surface area is 191 Å². The average Bonchev–Trinajstić information content (AvgIpc) is 2.76. The summed E-state index contributed by atoms with van der Waals surface area (Å²) in [4.78, 5) is 4.77. The SMILES string of the molecule is Cl.O=S(=O)(c1ccc(N=C2NN=C(c3ccc(Cl)cc3)CS2)cc1)N1CCOCC1. The number of ether oxygens (including phenoxy) is 1. The molecule has 1 fully saturated rings. The van der Waals surface area contributed by atoms with E-state index >= 15 is 0 Å². The van der Waals surface area contributed by atoms with Gasteiger partial charge in [0.05, 0.1) is 29.5 Å². The van der Waals surface area contributed by atoms with Crippen LogP contribution in [0.15, 0.2) is 63.5 Å². The number of nitrogens with zero attached hydrogens (tertiary/aromatic N) is 3. The van der Waals surface area contributed by atoms with Gasteiger partial charge in [-0.25, -0.2) is 13.4 Å². The first kappa shape index (κ1) is 23.1.